The molecule has 2 heterocycles. The molecule has 140 valence electrons. The fraction of sp³-hybridized carbons (Fsp3) is 0.250. The van der Waals surface area contributed by atoms with Crippen LogP contribution in [0.25, 0.3) is 22.3 Å². The Balaban J connectivity index is 2.01. The number of phenolic OH excluding ortho intramolecular Hbond substituents is 1. The lowest BCUT2D eigenvalue weighted by atomic mass is 10.0. The SMILES string of the molecule is COc1cc(-c2cc(=O)c3c(O)c(C)c(OC)c(C)c3o2)cc2c1OCO2. The molecule has 1 aliphatic heterocycles. The largest absolute Gasteiger partial charge is 0.507 e. The Hall–Kier alpha value is -3.35. The van der Waals surface area contributed by atoms with Gasteiger partial charge in [-0.25, -0.2) is 0 Å². The third-order valence-corrected chi connectivity index (χ3v) is 4.71. The van der Waals surface area contributed by atoms with Crippen molar-refractivity contribution >= 4 is 11.0 Å². The van der Waals surface area contributed by atoms with Gasteiger partial charge in [-0.2, -0.15) is 0 Å². The first-order valence-electron chi connectivity index (χ1n) is 8.28. The summed E-state index contributed by atoms with van der Waals surface area (Å²) < 4.78 is 27.5. The summed E-state index contributed by atoms with van der Waals surface area (Å²) in [5, 5.41) is 10.6. The molecule has 0 amide bonds. The Morgan fingerprint density at radius 2 is 1.81 bits per heavy atom. The van der Waals surface area contributed by atoms with E-state index in [4.69, 9.17) is 23.4 Å². The molecule has 0 saturated heterocycles. The van der Waals surface area contributed by atoms with Crippen LogP contribution >= 0.6 is 0 Å². The quantitative estimate of drug-likeness (QED) is 0.754. The van der Waals surface area contributed by atoms with E-state index in [-0.39, 0.29) is 28.9 Å². The molecule has 1 N–H and O–H groups in total. The molecule has 0 bridgehead atoms. The van der Waals surface area contributed by atoms with E-state index in [1.165, 1.54) is 20.3 Å². The normalized spacial score (nSPS) is 12.4. The van der Waals surface area contributed by atoms with Crippen molar-refractivity contribution in [2.24, 2.45) is 0 Å². The van der Waals surface area contributed by atoms with Gasteiger partial charge in [0, 0.05) is 22.8 Å². The van der Waals surface area contributed by atoms with Gasteiger partial charge in [0.1, 0.15) is 28.2 Å². The summed E-state index contributed by atoms with van der Waals surface area (Å²) in [5.41, 5.74) is 1.64. The number of ether oxygens (including phenoxy) is 4. The van der Waals surface area contributed by atoms with Crippen molar-refractivity contribution in [2.75, 3.05) is 21.0 Å². The van der Waals surface area contributed by atoms with Gasteiger partial charge in [-0.05, 0) is 26.0 Å². The first-order valence-corrected chi connectivity index (χ1v) is 8.28. The van der Waals surface area contributed by atoms with Crippen molar-refractivity contribution in [3.8, 4) is 40.1 Å². The summed E-state index contributed by atoms with van der Waals surface area (Å²) >= 11 is 0. The van der Waals surface area contributed by atoms with Gasteiger partial charge in [0.15, 0.2) is 16.9 Å². The maximum atomic E-state index is 12.7. The smallest absolute Gasteiger partial charge is 0.231 e. The predicted octanol–water partition coefficient (Wildman–Crippen LogP) is 3.53. The summed E-state index contributed by atoms with van der Waals surface area (Å²) in [4.78, 5) is 12.7. The van der Waals surface area contributed by atoms with Crippen molar-refractivity contribution in [3.05, 3.63) is 39.5 Å². The molecular weight excluding hydrogens is 352 g/mol. The van der Waals surface area contributed by atoms with E-state index in [1.54, 1.807) is 26.0 Å². The molecule has 0 saturated carbocycles. The van der Waals surface area contributed by atoms with Gasteiger partial charge < -0.3 is 28.5 Å². The minimum Gasteiger partial charge on any atom is -0.507 e. The first-order chi connectivity index (χ1) is 13.0. The van der Waals surface area contributed by atoms with Crippen LogP contribution in [0.5, 0.6) is 28.7 Å². The van der Waals surface area contributed by atoms with Gasteiger partial charge >= 0.3 is 0 Å². The van der Waals surface area contributed by atoms with Crippen molar-refractivity contribution in [1.29, 1.82) is 0 Å². The highest BCUT2D eigenvalue weighted by molar-refractivity contribution is 5.91. The van der Waals surface area contributed by atoms with E-state index >= 15 is 0 Å². The fourth-order valence-corrected chi connectivity index (χ4v) is 3.38. The Morgan fingerprint density at radius 1 is 1.04 bits per heavy atom. The number of benzene rings is 2. The molecule has 0 spiro atoms. The second-order valence-corrected chi connectivity index (χ2v) is 6.22. The molecule has 7 nitrogen and oxygen atoms in total. The molecule has 0 atom stereocenters. The average molecular weight is 370 g/mol. The molecule has 4 rings (SSSR count). The lowest BCUT2D eigenvalue weighted by Crippen LogP contribution is -2.04. The van der Waals surface area contributed by atoms with Crippen LogP contribution in [0.2, 0.25) is 0 Å². The molecule has 1 aliphatic rings. The topological polar surface area (TPSA) is 87.4 Å². The van der Waals surface area contributed by atoms with Crippen LogP contribution < -0.4 is 24.4 Å². The molecule has 0 unspecified atom stereocenters. The van der Waals surface area contributed by atoms with Crippen LogP contribution in [0.15, 0.2) is 27.4 Å². The number of hydrogen-bond acceptors (Lipinski definition) is 7. The first kappa shape index (κ1) is 17.1. The lowest BCUT2D eigenvalue weighted by molar-refractivity contribution is 0.171. The highest BCUT2D eigenvalue weighted by Crippen LogP contribution is 2.45. The molecule has 7 heteroatoms. The average Bonchev–Trinajstić information content (AvgIpc) is 3.14. The number of aryl methyl sites for hydroxylation is 1. The lowest BCUT2D eigenvalue weighted by Gasteiger charge is -2.14. The molecule has 0 aliphatic carbocycles. The van der Waals surface area contributed by atoms with Gasteiger partial charge in [0.2, 0.25) is 12.5 Å². The Kier molecular flexibility index (Phi) is 3.87. The van der Waals surface area contributed by atoms with Crippen molar-refractivity contribution in [3.63, 3.8) is 0 Å². The van der Waals surface area contributed by atoms with E-state index in [2.05, 4.69) is 0 Å². The van der Waals surface area contributed by atoms with E-state index in [1.807, 2.05) is 0 Å². The van der Waals surface area contributed by atoms with Crippen molar-refractivity contribution in [1.82, 2.24) is 0 Å². The third-order valence-electron chi connectivity index (χ3n) is 4.71. The van der Waals surface area contributed by atoms with Crippen LogP contribution in [0.3, 0.4) is 0 Å². The molecule has 2 aromatic carbocycles. The zero-order valence-corrected chi connectivity index (χ0v) is 15.3. The van der Waals surface area contributed by atoms with Gasteiger partial charge in [-0.3, -0.25) is 4.79 Å². The van der Waals surface area contributed by atoms with Gasteiger partial charge in [0.25, 0.3) is 0 Å². The molecule has 3 aromatic rings. The highest BCUT2D eigenvalue weighted by Gasteiger charge is 2.23. The highest BCUT2D eigenvalue weighted by atomic mass is 16.7. The number of phenols is 1. The fourth-order valence-electron chi connectivity index (χ4n) is 3.38. The maximum absolute atomic E-state index is 12.7. The Morgan fingerprint density at radius 3 is 2.52 bits per heavy atom. The summed E-state index contributed by atoms with van der Waals surface area (Å²) in [6, 6.07) is 4.76. The van der Waals surface area contributed by atoms with E-state index < -0.39 is 0 Å². The van der Waals surface area contributed by atoms with Crippen LogP contribution in [0.4, 0.5) is 0 Å². The predicted molar refractivity (Wildman–Crippen MR) is 98.3 cm³/mol. The van der Waals surface area contributed by atoms with Crippen LogP contribution in [0.1, 0.15) is 11.1 Å². The van der Waals surface area contributed by atoms with Crippen LogP contribution in [-0.4, -0.2) is 26.1 Å². The zero-order valence-electron chi connectivity index (χ0n) is 15.3. The number of hydrogen-bond donors (Lipinski definition) is 1. The number of rotatable bonds is 3. The molecule has 0 radical (unpaired) electrons. The molecule has 1 aromatic heterocycles. The van der Waals surface area contributed by atoms with Crippen molar-refractivity contribution in [2.45, 2.75) is 13.8 Å². The maximum Gasteiger partial charge on any atom is 0.231 e. The van der Waals surface area contributed by atoms with Gasteiger partial charge in [-0.15, -0.1) is 0 Å². The number of fused-ring (bicyclic) bond motifs is 2. The zero-order chi connectivity index (χ0) is 19.3. The molecule has 0 fully saturated rings. The second kappa shape index (κ2) is 6.12. The number of methoxy groups -OCH3 is 2. The van der Waals surface area contributed by atoms with Crippen LogP contribution in [0, 0.1) is 13.8 Å². The molecule has 27 heavy (non-hydrogen) atoms. The minimum atomic E-state index is -0.353. The minimum absolute atomic E-state index is 0.0975. The van der Waals surface area contributed by atoms with Crippen molar-refractivity contribution < 1.29 is 28.5 Å². The number of aromatic hydroxyl groups is 1. The Labute approximate surface area is 154 Å². The standard InChI is InChI=1S/C20H18O7/c1-9-17(22)16-12(21)7-13(27-19(16)10(2)18(9)24-4)11-5-14(23-3)20-15(6-11)25-8-26-20/h5-7,22H,8H2,1-4H3. The molecular formula is C20H18O7. The van der Waals surface area contributed by atoms with Gasteiger partial charge in [0.05, 0.1) is 14.2 Å². The summed E-state index contributed by atoms with van der Waals surface area (Å²) in [6.45, 7) is 3.57. The van der Waals surface area contributed by atoms with E-state index in [0.717, 1.165) is 0 Å². The van der Waals surface area contributed by atoms with E-state index in [9.17, 15) is 9.90 Å². The second-order valence-electron chi connectivity index (χ2n) is 6.22. The summed E-state index contributed by atoms with van der Waals surface area (Å²) in [7, 11) is 3.03. The third kappa shape index (κ3) is 2.46. The monoisotopic (exact) mass is 370 g/mol. The summed E-state index contributed by atoms with van der Waals surface area (Å²) in [5.74, 6) is 2.14. The van der Waals surface area contributed by atoms with Crippen LogP contribution in [-0.2, 0) is 0 Å². The Bertz CT molecular complexity index is 1130. The van der Waals surface area contributed by atoms with E-state index in [0.29, 0.717) is 45.4 Å². The van der Waals surface area contributed by atoms with Gasteiger partial charge in [-0.1, -0.05) is 0 Å². The summed E-state index contributed by atoms with van der Waals surface area (Å²) in [6.07, 6.45) is 0.